The normalized spacial score (nSPS) is 11.6. The van der Waals surface area contributed by atoms with Crippen molar-refractivity contribution in [1.82, 2.24) is 5.32 Å². The Balaban J connectivity index is 3.62. The molecule has 0 saturated carbocycles. The van der Waals surface area contributed by atoms with E-state index in [0.717, 1.165) is 5.71 Å². The number of rotatable bonds is 6. The standard InChI is InChI=1S/C9H18N2O3/c1-7(2)8(3)11-14-6-9(13)10-4-5-12/h7,12H,4-6H2,1-3H3,(H,10,13)/b11-8+. The van der Waals surface area contributed by atoms with Crippen molar-refractivity contribution in [2.75, 3.05) is 19.8 Å². The van der Waals surface area contributed by atoms with Gasteiger partial charge in [0.15, 0.2) is 6.61 Å². The van der Waals surface area contributed by atoms with E-state index in [1.54, 1.807) is 0 Å². The van der Waals surface area contributed by atoms with E-state index in [1.165, 1.54) is 0 Å². The minimum atomic E-state index is -0.278. The highest BCUT2D eigenvalue weighted by Gasteiger charge is 2.01. The molecule has 14 heavy (non-hydrogen) atoms. The van der Waals surface area contributed by atoms with Gasteiger partial charge >= 0.3 is 0 Å². The Morgan fingerprint density at radius 3 is 2.71 bits per heavy atom. The van der Waals surface area contributed by atoms with Crippen LogP contribution in [0.1, 0.15) is 20.8 Å². The molecule has 0 aliphatic carbocycles. The zero-order valence-corrected chi connectivity index (χ0v) is 8.91. The third-order valence-electron chi connectivity index (χ3n) is 1.67. The third kappa shape index (κ3) is 6.42. The summed E-state index contributed by atoms with van der Waals surface area (Å²) < 4.78 is 0. The van der Waals surface area contributed by atoms with Crippen molar-refractivity contribution < 1.29 is 14.7 Å². The number of hydrogen-bond donors (Lipinski definition) is 2. The van der Waals surface area contributed by atoms with Gasteiger partial charge in [-0.25, -0.2) is 0 Å². The van der Waals surface area contributed by atoms with Crippen molar-refractivity contribution in [3.8, 4) is 0 Å². The van der Waals surface area contributed by atoms with E-state index < -0.39 is 0 Å². The maximum absolute atomic E-state index is 10.9. The summed E-state index contributed by atoms with van der Waals surface area (Å²) in [6, 6.07) is 0. The van der Waals surface area contributed by atoms with Crippen molar-refractivity contribution in [2.45, 2.75) is 20.8 Å². The number of hydrogen-bond acceptors (Lipinski definition) is 4. The van der Waals surface area contributed by atoms with E-state index in [9.17, 15) is 4.79 Å². The van der Waals surface area contributed by atoms with Gasteiger partial charge in [-0.3, -0.25) is 4.79 Å². The number of aliphatic hydroxyl groups excluding tert-OH is 1. The predicted octanol–water partition coefficient (Wildman–Crippen LogP) is 0.143. The second-order valence-corrected chi connectivity index (χ2v) is 3.23. The number of carbonyl (C=O) groups excluding carboxylic acids is 1. The summed E-state index contributed by atoms with van der Waals surface area (Å²) in [7, 11) is 0. The fourth-order valence-corrected chi connectivity index (χ4v) is 0.544. The molecule has 0 unspecified atom stereocenters. The van der Waals surface area contributed by atoms with Crippen LogP contribution in [0.3, 0.4) is 0 Å². The molecule has 0 spiro atoms. The minimum absolute atomic E-state index is 0.0694. The second-order valence-electron chi connectivity index (χ2n) is 3.23. The van der Waals surface area contributed by atoms with Crippen LogP contribution >= 0.6 is 0 Å². The second kappa shape index (κ2) is 7.32. The van der Waals surface area contributed by atoms with Gasteiger partial charge in [0, 0.05) is 6.54 Å². The highest BCUT2D eigenvalue weighted by Crippen LogP contribution is 1.96. The Labute approximate surface area is 84.1 Å². The van der Waals surface area contributed by atoms with Gasteiger partial charge in [0.05, 0.1) is 12.3 Å². The largest absolute Gasteiger partial charge is 0.395 e. The molecule has 2 N–H and O–H groups in total. The van der Waals surface area contributed by atoms with Crippen molar-refractivity contribution in [1.29, 1.82) is 0 Å². The number of aliphatic hydroxyl groups is 1. The quantitative estimate of drug-likeness (QED) is 0.475. The molecule has 82 valence electrons. The first-order valence-corrected chi connectivity index (χ1v) is 4.62. The van der Waals surface area contributed by atoms with Crippen LogP contribution in [0.25, 0.3) is 0 Å². The molecule has 0 saturated heterocycles. The van der Waals surface area contributed by atoms with E-state index >= 15 is 0 Å². The molecule has 0 aromatic rings. The summed E-state index contributed by atoms with van der Waals surface area (Å²) in [6.07, 6.45) is 0. The van der Waals surface area contributed by atoms with Crippen LogP contribution in [0, 0.1) is 5.92 Å². The predicted molar refractivity (Wildman–Crippen MR) is 54.0 cm³/mol. The molecule has 0 aliphatic heterocycles. The molecular formula is C9H18N2O3. The Morgan fingerprint density at radius 2 is 2.21 bits per heavy atom. The monoisotopic (exact) mass is 202 g/mol. The molecule has 0 fully saturated rings. The maximum atomic E-state index is 10.9. The Kier molecular flexibility index (Phi) is 6.74. The van der Waals surface area contributed by atoms with Crippen LogP contribution in [-0.2, 0) is 9.63 Å². The third-order valence-corrected chi connectivity index (χ3v) is 1.67. The zero-order chi connectivity index (χ0) is 11.0. The molecule has 1 amide bonds. The summed E-state index contributed by atoms with van der Waals surface area (Å²) in [4.78, 5) is 15.7. The Hall–Kier alpha value is -1.10. The van der Waals surface area contributed by atoms with Crippen LogP contribution in [0.5, 0.6) is 0 Å². The lowest BCUT2D eigenvalue weighted by molar-refractivity contribution is -0.125. The van der Waals surface area contributed by atoms with E-state index in [-0.39, 0.29) is 25.7 Å². The van der Waals surface area contributed by atoms with Crippen LogP contribution in [0.4, 0.5) is 0 Å². The van der Waals surface area contributed by atoms with Crippen LogP contribution < -0.4 is 5.32 Å². The van der Waals surface area contributed by atoms with E-state index in [2.05, 4.69) is 10.5 Å². The molecule has 0 rings (SSSR count). The molecule has 0 radical (unpaired) electrons. The van der Waals surface area contributed by atoms with E-state index in [0.29, 0.717) is 5.92 Å². The number of oxime groups is 1. The Morgan fingerprint density at radius 1 is 1.57 bits per heavy atom. The number of carbonyl (C=O) groups is 1. The number of nitrogens with one attached hydrogen (secondary N) is 1. The lowest BCUT2D eigenvalue weighted by atomic mass is 10.1. The van der Waals surface area contributed by atoms with E-state index in [4.69, 9.17) is 9.94 Å². The van der Waals surface area contributed by atoms with Crippen molar-refractivity contribution in [3.63, 3.8) is 0 Å². The van der Waals surface area contributed by atoms with Gasteiger partial charge in [0.2, 0.25) is 0 Å². The summed E-state index contributed by atoms with van der Waals surface area (Å²) in [5.41, 5.74) is 0.847. The first kappa shape index (κ1) is 12.9. The minimum Gasteiger partial charge on any atom is -0.395 e. The average Bonchev–Trinajstić information content (AvgIpc) is 2.14. The van der Waals surface area contributed by atoms with Crippen molar-refractivity contribution in [2.24, 2.45) is 11.1 Å². The smallest absolute Gasteiger partial charge is 0.260 e. The van der Waals surface area contributed by atoms with Crippen LogP contribution in [-0.4, -0.2) is 36.5 Å². The first-order valence-electron chi connectivity index (χ1n) is 4.62. The molecule has 5 nitrogen and oxygen atoms in total. The molecule has 5 heteroatoms. The summed E-state index contributed by atoms with van der Waals surface area (Å²) >= 11 is 0. The Bertz CT molecular complexity index is 202. The van der Waals surface area contributed by atoms with Gasteiger partial charge in [0.1, 0.15) is 0 Å². The molecule has 0 aromatic heterocycles. The number of amides is 1. The number of nitrogens with zero attached hydrogens (tertiary/aromatic N) is 1. The van der Waals surface area contributed by atoms with E-state index in [1.807, 2.05) is 20.8 Å². The molecule has 0 bridgehead atoms. The molecular weight excluding hydrogens is 184 g/mol. The maximum Gasteiger partial charge on any atom is 0.260 e. The fourth-order valence-electron chi connectivity index (χ4n) is 0.544. The van der Waals surface area contributed by atoms with Crippen LogP contribution in [0.2, 0.25) is 0 Å². The lowest BCUT2D eigenvalue weighted by Crippen LogP contribution is -2.29. The molecule has 0 aromatic carbocycles. The topological polar surface area (TPSA) is 70.9 Å². The van der Waals surface area contributed by atoms with Crippen molar-refractivity contribution >= 4 is 11.6 Å². The average molecular weight is 202 g/mol. The fraction of sp³-hybridized carbons (Fsp3) is 0.778. The zero-order valence-electron chi connectivity index (χ0n) is 8.91. The van der Waals surface area contributed by atoms with Gasteiger partial charge in [0.25, 0.3) is 5.91 Å². The van der Waals surface area contributed by atoms with Gasteiger partial charge < -0.3 is 15.3 Å². The SMILES string of the molecule is C/C(=N\OCC(=O)NCCO)C(C)C. The first-order chi connectivity index (χ1) is 6.57. The van der Waals surface area contributed by atoms with Gasteiger partial charge in [-0.2, -0.15) is 0 Å². The van der Waals surface area contributed by atoms with Gasteiger partial charge in [-0.1, -0.05) is 19.0 Å². The van der Waals surface area contributed by atoms with Gasteiger partial charge in [-0.05, 0) is 12.8 Å². The summed E-state index contributed by atoms with van der Waals surface area (Å²) in [5.74, 6) is 0.0369. The summed E-state index contributed by atoms with van der Waals surface area (Å²) in [6.45, 7) is 5.90. The highest BCUT2D eigenvalue weighted by molar-refractivity contribution is 5.83. The van der Waals surface area contributed by atoms with Gasteiger partial charge in [-0.15, -0.1) is 0 Å². The van der Waals surface area contributed by atoms with Crippen LogP contribution in [0.15, 0.2) is 5.16 Å². The molecule has 0 aliphatic rings. The molecule has 0 atom stereocenters. The lowest BCUT2D eigenvalue weighted by Gasteiger charge is -2.04. The summed E-state index contributed by atoms with van der Waals surface area (Å²) in [5, 5.41) is 14.6. The molecule has 0 heterocycles. The van der Waals surface area contributed by atoms with Crippen molar-refractivity contribution in [3.05, 3.63) is 0 Å². The highest BCUT2D eigenvalue weighted by atomic mass is 16.6.